The summed E-state index contributed by atoms with van der Waals surface area (Å²) in [6.45, 7) is -0.591. The highest BCUT2D eigenvalue weighted by molar-refractivity contribution is 5.49. The van der Waals surface area contributed by atoms with Crippen LogP contribution in [0, 0.1) is 17.1 Å². The minimum Gasteiger partial charge on any atom is -0.394 e. The minimum absolute atomic E-state index is 0.155. The van der Waals surface area contributed by atoms with E-state index in [2.05, 4.69) is 5.32 Å². The van der Waals surface area contributed by atoms with E-state index in [1.54, 1.807) is 0 Å². The van der Waals surface area contributed by atoms with E-state index < -0.39 is 11.9 Å². The molecule has 0 aromatic heterocycles. The number of rotatable bonds is 4. The summed E-state index contributed by atoms with van der Waals surface area (Å²) in [4.78, 5) is 0. The van der Waals surface area contributed by atoms with Crippen LogP contribution in [0.2, 0.25) is 0 Å². The van der Waals surface area contributed by atoms with Gasteiger partial charge in [-0.3, -0.25) is 0 Å². The first-order valence-corrected chi connectivity index (χ1v) is 4.39. The van der Waals surface area contributed by atoms with Crippen LogP contribution in [0.4, 0.5) is 10.1 Å². The number of benzene rings is 1. The summed E-state index contributed by atoms with van der Waals surface area (Å²) in [5.41, 5.74) is 0.379. The molecule has 0 amide bonds. The lowest BCUT2D eigenvalue weighted by Gasteiger charge is -2.15. The molecule has 0 unspecified atom stereocenters. The van der Waals surface area contributed by atoms with Gasteiger partial charge in [0.25, 0.3) is 0 Å². The van der Waals surface area contributed by atoms with Gasteiger partial charge in [-0.05, 0) is 18.2 Å². The van der Waals surface area contributed by atoms with E-state index in [1.807, 2.05) is 6.07 Å². The Kier molecular flexibility index (Phi) is 4.03. The van der Waals surface area contributed by atoms with Gasteiger partial charge >= 0.3 is 0 Å². The molecule has 80 valence electrons. The summed E-state index contributed by atoms with van der Waals surface area (Å²) in [5, 5.41) is 28.7. The Labute approximate surface area is 86.6 Å². The van der Waals surface area contributed by atoms with Gasteiger partial charge in [-0.2, -0.15) is 5.26 Å². The first-order chi connectivity index (χ1) is 7.21. The van der Waals surface area contributed by atoms with Crippen LogP contribution in [-0.2, 0) is 0 Å². The number of aliphatic hydroxyl groups is 2. The maximum atomic E-state index is 13.3. The molecule has 0 spiro atoms. The van der Waals surface area contributed by atoms with Crippen LogP contribution in [0.15, 0.2) is 18.2 Å². The summed E-state index contributed by atoms with van der Waals surface area (Å²) < 4.78 is 13.3. The number of nitrogens with zero attached hydrogens (tertiary/aromatic N) is 1. The predicted octanol–water partition coefficient (Wildman–Crippen LogP) is 0.462. The molecule has 5 heteroatoms. The fourth-order valence-corrected chi connectivity index (χ4v) is 1.07. The molecule has 4 nitrogen and oxygen atoms in total. The summed E-state index contributed by atoms with van der Waals surface area (Å²) in [6, 6.07) is 5.15. The Morgan fingerprint density at radius 1 is 1.40 bits per heavy atom. The molecule has 0 heterocycles. The van der Waals surface area contributed by atoms with Crippen molar-refractivity contribution in [3.05, 3.63) is 29.6 Å². The molecule has 0 radical (unpaired) electrons. The van der Waals surface area contributed by atoms with Crippen LogP contribution in [0.25, 0.3) is 0 Å². The quantitative estimate of drug-likeness (QED) is 0.675. The molecule has 0 fully saturated rings. The Morgan fingerprint density at radius 3 is 2.53 bits per heavy atom. The molecule has 3 N–H and O–H groups in total. The van der Waals surface area contributed by atoms with Gasteiger partial charge in [0.1, 0.15) is 5.82 Å². The van der Waals surface area contributed by atoms with E-state index in [-0.39, 0.29) is 24.5 Å². The summed E-state index contributed by atoms with van der Waals surface area (Å²) in [5.74, 6) is -0.582. The smallest absolute Gasteiger partial charge is 0.147 e. The normalized spacial score (nSPS) is 10.1. The second kappa shape index (κ2) is 5.29. The largest absolute Gasteiger partial charge is 0.394 e. The van der Waals surface area contributed by atoms with Gasteiger partial charge in [-0.25, -0.2) is 4.39 Å². The zero-order valence-electron chi connectivity index (χ0n) is 7.94. The molecule has 0 saturated carbocycles. The molecule has 0 aliphatic carbocycles. The SMILES string of the molecule is N#Cc1ccc(NC(CO)CO)c(F)c1. The van der Waals surface area contributed by atoms with E-state index >= 15 is 0 Å². The van der Waals surface area contributed by atoms with Crippen LogP contribution < -0.4 is 5.32 Å². The number of halogens is 1. The van der Waals surface area contributed by atoms with Gasteiger partial charge < -0.3 is 15.5 Å². The summed E-state index contributed by atoms with van der Waals surface area (Å²) in [7, 11) is 0. The van der Waals surface area contributed by atoms with E-state index in [0.29, 0.717) is 0 Å². The van der Waals surface area contributed by atoms with Crippen LogP contribution in [-0.4, -0.2) is 29.5 Å². The fourth-order valence-electron chi connectivity index (χ4n) is 1.07. The maximum absolute atomic E-state index is 13.3. The molecule has 1 rings (SSSR count). The van der Waals surface area contributed by atoms with Gasteiger partial charge in [0, 0.05) is 0 Å². The maximum Gasteiger partial charge on any atom is 0.147 e. The number of hydrogen-bond acceptors (Lipinski definition) is 4. The van der Waals surface area contributed by atoms with Crippen molar-refractivity contribution < 1.29 is 14.6 Å². The standard InChI is InChI=1S/C10H11FN2O2/c11-9-3-7(4-12)1-2-10(9)13-8(5-14)6-15/h1-3,8,13-15H,5-6H2. The van der Waals surface area contributed by atoms with E-state index in [9.17, 15) is 4.39 Å². The van der Waals surface area contributed by atoms with Crippen molar-refractivity contribution in [1.82, 2.24) is 0 Å². The Balaban J connectivity index is 2.83. The van der Waals surface area contributed by atoms with Crippen LogP contribution >= 0.6 is 0 Å². The molecular weight excluding hydrogens is 199 g/mol. The minimum atomic E-state index is -0.604. The summed E-state index contributed by atoms with van der Waals surface area (Å²) >= 11 is 0. The average Bonchev–Trinajstić information content (AvgIpc) is 2.27. The highest BCUT2D eigenvalue weighted by Crippen LogP contribution is 2.16. The average molecular weight is 210 g/mol. The fraction of sp³-hybridized carbons (Fsp3) is 0.300. The van der Waals surface area contributed by atoms with Crippen molar-refractivity contribution in [2.45, 2.75) is 6.04 Å². The molecular formula is C10H11FN2O2. The Hall–Kier alpha value is -1.64. The first kappa shape index (κ1) is 11.4. The molecule has 0 aliphatic rings. The van der Waals surface area contributed by atoms with Gasteiger partial charge in [0.2, 0.25) is 0 Å². The Bertz CT molecular complexity index is 372. The molecule has 0 saturated heterocycles. The van der Waals surface area contributed by atoms with Gasteiger partial charge in [-0.1, -0.05) is 0 Å². The zero-order chi connectivity index (χ0) is 11.3. The van der Waals surface area contributed by atoms with Crippen molar-refractivity contribution in [2.24, 2.45) is 0 Å². The van der Waals surface area contributed by atoms with Crippen LogP contribution in [0.1, 0.15) is 5.56 Å². The molecule has 0 aliphatic heterocycles. The van der Waals surface area contributed by atoms with Crippen LogP contribution in [0.3, 0.4) is 0 Å². The third-order valence-electron chi connectivity index (χ3n) is 1.90. The third-order valence-corrected chi connectivity index (χ3v) is 1.90. The number of aliphatic hydroxyl groups excluding tert-OH is 2. The van der Waals surface area contributed by atoms with Crippen molar-refractivity contribution in [3.8, 4) is 6.07 Å². The highest BCUT2D eigenvalue weighted by atomic mass is 19.1. The van der Waals surface area contributed by atoms with Crippen molar-refractivity contribution in [2.75, 3.05) is 18.5 Å². The lowest BCUT2D eigenvalue weighted by atomic mass is 10.2. The molecule has 15 heavy (non-hydrogen) atoms. The molecule has 1 aromatic rings. The highest BCUT2D eigenvalue weighted by Gasteiger charge is 2.09. The van der Waals surface area contributed by atoms with E-state index in [0.717, 1.165) is 6.07 Å². The van der Waals surface area contributed by atoms with Crippen molar-refractivity contribution in [3.63, 3.8) is 0 Å². The predicted molar refractivity (Wildman–Crippen MR) is 52.7 cm³/mol. The van der Waals surface area contributed by atoms with Crippen molar-refractivity contribution >= 4 is 5.69 Å². The summed E-state index contributed by atoms with van der Waals surface area (Å²) in [6.07, 6.45) is 0. The second-order valence-corrected chi connectivity index (χ2v) is 3.01. The van der Waals surface area contributed by atoms with Gasteiger partial charge in [0.15, 0.2) is 0 Å². The topological polar surface area (TPSA) is 76.3 Å². The number of anilines is 1. The lowest BCUT2D eigenvalue weighted by molar-refractivity contribution is 0.203. The van der Waals surface area contributed by atoms with E-state index in [4.69, 9.17) is 15.5 Å². The number of nitriles is 1. The second-order valence-electron chi connectivity index (χ2n) is 3.01. The van der Waals surface area contributed by atoms with Gasteiger partial charge in [0.05, 0.1) is 36.6 Å². The number of nitrogens with one attached hydrogen (secondary N) is 1. The lowest BCUT2D eigenvalue weighted by Crippen LogP contribution is -2.28. The number of hydrogen-bond donors (Lipinski definition) is 3. The van der Waals surface area contributed by atoms with Gasteiger partial charge in [-0.15, -0.1) is 0 Å². The molecule has 0 atom stereocenters. The van der Waals surface area contributed by atoms with Crippen LogP contribution in [0.5, 0.6) is 0 Å². The van der Waals surface area contributed by atoms with Crippen molar-refractivity contribution in [1.29, 1.82) is 5.26 Å². The first-order valence-electron chi connectivity index (χ1n) is 4.39. The third kappa shape index (κ3) is 2.91. The Morgan fingerprint density at radius 2 is 2.07 bits per heavy atom. The molecule has 1 aromatic carbocycles. The molecule has 0 bridgehead atoms. The van der Waals surface area contributed by atoms with E-state index in [1.165, 1.54) is 12.1 Å². The monoisotopic (exact) mass is 210 g/mol. The zero-order valence-corrected chi connectivity index (χ0v) is 7.94.